The van der Waals surface area contributed by atoms with Crippen LogP contribution in [0.4, 0.5) is 4.79 Å². The van der Waals surface area contributed by atoms with Crippen LogP contribution in [0.3, 0.4) is 0 Å². The number of rotatable bonds is 9. The molecule has 3 unspecified atom stereocenters. The van der Waals surface area contributed by atoms with Gasteiger partial charge in [-0.3, -0.25) is 4.79 Å². The summed E-state index contributed by atoms with van der Waals surface area (Å²) in [5.41, 5.74) is -0.357. The molecular formula is C24H36N2O5. The van der Waals surface area contributed by atoms with Gasteiger partial charge in [-0.15, -0.1) is 0 Å². The number of hydrogen-bond donors (Lipinski definition) is 1. The van der Waals surface area contributed by atoms with Gasteiger partial charge in [-0.2, -0.15) is 0 Å². The first-order chi connectivity index (χ1) is 14.5. The SMILES string of the molecule is CCCC(C)(OC)C(NC(=O)OC(C)(C)C)C1C=CC(=O)N1Cc1ccc(OC)cc1. The van der Waals surface area contributed by atoms with Gasteiger partial charge < -0.3 is 24.4 Å². The lowest BCUT2D eigenvalue weighted by molar-refractivity contribution is -0.129. The maximum atomic E-state index is 12.7. The number of carbonyl (C=O) groups is 2. The average Bonchev–Trinajstić information content (AvgIpc) is 3.05. The monoisotopic (exact) mass is 432 g/mol. The molecule has 1 aromatic carbocycles. The van der Waals surface area contributed by atoms with Gasteiger partial charge in [-0.05, 0) is 51.8 Å². The third-order valence-corrected chi connectivity index (χ3v) is 5.48. The molecule has 1 aliphatic rings. The number of amides is 2. The van der Waals surface area contributed by atoms with Crippen LogP contribution < -0.4 is 10.1 Å². The van der Waals surface area contributed by atoms with Gasteiger partial charge in [-0.25, -0.2) is 4.79 Å². The standard InChI is InChI=1S/C24H36N2O5/c1-8-15-24(5,30-7)21(25-22(28)31-23(2,3)4)19-13-14-20(27)26(19)16-17-9-11-18(29-6)12-10-17/h9-14,19,21H,8,15-16H2,1-7H3,(H,25,28). The Balaban J connectivity index is 2.33. The van der Waals surface area contributed by atoms with E-state index in [1.54, 1.807) is 25.2 Å². The van der Waals surface area contributed by atoms with Gasteiger partial charge in [-0.1, -0.05) is 31.6 Å². The van der Waals surface area contributed by atoms with E-state index in [1.165, 1.54) is 0 Å². The van der Waals surface area contributed by atoms with Gasteiger partial charge in [0.25, 0.3) is 0 Å². The molecule has 2 rings (SSSR count). The summed E-state index contributed by atoms with van der Waals surface area (Å²) in [7, 11) is 3.25. The number of carbonyl (C=O) groups excluding carboxylic acids is 2. The molecule has 1 N–H and O–H groups in total. The van der Waals surface area contributed by atoms with Crippen LogP contribution >= 0.6 is 0 Å². The fraction of sp³-hybridized carbons (Fsp3) is 0.583. The molecule has 0 spiro atoms. The van der Waals surface area contributed by atoms with Crippen LogP contribution in [0.15, 0.2) is 36.4 Å². The van der Waals surface area contributed by atoms with Crippen LogP contribution in [-0.4, -0.2) is 54.4 Å². The Hall–Kier alpha value is -2.54. The van der Waals surface area contributed by atoms with Crippen molar-refractivity contribution >= 4 is 12.0 Å². The first-order valence-electron chi connectivity index (χ1n) is 10.7. The second-order valence-corrected chi connectivity index (χ2v) is 9.05. The second-order valence-electron chi connectivity index (χ2n) is 9.05. The summed E-state index contributed by atoms with van der Waals surface area (Å²) in [5.74, 6) is 0.650. The zero-order valence-corrected chi connectivity index (χ0v) is 19.7. The number of benzene rings is 1. The van der Waals surface area contributed by atoms with Crippen molar-refractivity contribution in [2.75, 3.05) is 14.2 Å². The molecular weight excluding hydrogens is 396 g/mol. The van der Waals surface area contributed by atoms with Crippen molar-refractivity contribution in [1.29, 1.82) is 0 Å². The Morgan fingerprint density at radius 1 is 1.16 bits per heavy atom. The highest BCUT2D eigenvalue weighted by Crippen LogP contribution is 2.30. The smallest absolute Gasteiger partial charge is 0.408 e. The molecule has 1 aromatic rings. The predicted molar refractivity (Wildman–Crippen MR) is 120 cm³/mol. The summed E-state index contributed by atoms with van der Waals surface area (Å²) in [5, 5.41) is 3.00. The van der Waals surface area contributed by atoms with Crippen molar-refractivity contribution in [3.8, 4) is 5.75 Å². The van der Waals surface area contributed by atoms with Gasteiger partial charge in [0.05, 0.1) is 24.8 Å². The van der Waals surface area contributed by atoms with Crippen molar-refractivity contribution in [1.82, 2.24) is 10.2 Å². The summed E-state index contributed by atoms with van der Waals surface area (Å²) in [6.07, 6.45) is 4.42. The van der Waals surface area contributed by atoms with E-state index in [2.05, 4.69) is 12.2 Å². The van der Waals surface area contributed by atoms with E-state index < -0.39 is 23.3 Å². The topological polar surface area (TPSA) is 77.1 Å². The number of alkyl carbamates (subject to hydrolysis) is 1. The summed E-state index contributed by atoms with van der Waals surface area (Å²) >= 11 is 0. The lowest BCUT2D eigenvalue weighted by Gasteiger charge is -2.42. The maximum Gasteiger partial charge on any atom is 0.408 e. The van der Waals surface area contributed by atoms with E-state index in [4.69, 9.17) is 14.2 Å². The maximum absolute atomic E-state index is 12.7. The molecule has 7 nitrogen and oxygen atoms in total. The average molecular weight is 433 g/mol. The van der Waals surface area contributed by atoms with E-state index in [0.717, 1.165) is 17.7 Å². The van der Waals surface area contributed by atoms with E-state index in [0.29, 0.717) is 13.0 Å². The number of ether oxygens (including phenoxy) is 3. The largest absolute Gasteiger partial charge is 0.497 e. The minimum atomic E-state index is -0.691. The normalized spacial score (nSPS) is 19.1. The van der Waals surface area contributed by atoms with Crippen molar-refractivity contribution in [3.05, 3.63) is 42.0 Å². The minimum Gasteiger partial charge on any atom is -0.497 e. The molecule has 0 aliphatic carbocycles. The molecule has 0 saturated heterocycles. The highest BCUT2D eigenvalue weighted by molar-refractivity contribution is 5.91. The Morgan fingerprint density at radius 2 is 1.81 bits per heavy atom. The first kappa shape index (κ1) is 24.7. The summed E-state index contributed by atoms with van der Waals surface area (Å²) in [6, 6.07) is 6.72. The number of nitrogens with zero attached hydrogens (tertiary/aromatic N) is 1. The van der Waals surface area contributed by atoms with E-state index in [9.17, 15) is 9.59 Å². The Kier molecular flexibility index (Phi) is 8.12. The van der Waals surface area contributed by atoms with Gasteiger partial charge in [0, 0.05) is 19.7 Å². The zero-order chi connectivity index (χ0) is 23.2. The fourth-order valence-corrected chi connectivity index (χ4v) is 3.84. The number of hydrogen-bond acceptors (Lipinski definition) is 5. The van der Waals surface area contributed by atoms with Gasteiger partial charge in [0.1, 0.15) is 11.4 Å². The van der Waals surface area contributed by atoms with Crippen LogP contribution in [-0.2, 0) is 20.8 Å². The first-order valence-corrected chi connectivity index (χ1v) is 10.7. The lowest BCUT2D eigenvalue weighted by atomic mass is 9.85. The van der Waals surface area contributed by atoms with E-state index in [-0.39, 0.29) is 11.9 Å². The second kappa shape index (κ2) is 10.2. The Labute approximate surface area is 185 Å². The quantitative estimate of drug-likeness (QED) is 0.637. The van der Waals surface area contributed by atoms with Crippen LogP contribution in [0.1, 0.15) is 53.0 Å². The Bertz CT molecular complexity index is 784. The van der Waals surface area contributed by atoms with E-state index in [1.807, 2.05) is 58.0 Å². The van der Waals surface area contributed by atoms with Crippen molar-refractivity contribution in [2.24, 2.45) is 0 Å². The predicted octanol–water partition coefficient (Wildman–Crippen LogP) is 4.06. The molecule has 0 aromatic heterocycles. The van der Waals surface area contributed by atoms with Crippen molar-refractivity contribution in [2.45, 2.75) is 77.3 Å². The van der Waals surface area contributed by atoms with Crippen LogP contribution in [0.25, 0.3) is 0 Å². The Morgan fingerprint density at radius 3 is 2.32 bits per heavy atom. The summed E-state index contributed by atoms with van der Waals surface area (Å²) in [6.45, 7) is 9.88. The lowest BCUT2D eigenvalue weighted by Crippen LogP contribution is -2.61. The molecule has 172 valence electrons. The number of nitrogens with one attached hydrogen (secondary N) is 1. The zero-order valence-electron chi connectivity index (χ0n) is 19.7. The third-order valence-electron chi connectivity index (χ3n) is 5.48. The molecule has 2 amide bonds. The van der Waals surface area contributed by atoms with Gasteiger partial charge in [0.2, 0.25) is 5.91 Å². The molecule has 1 aliphatic heterocycles. The molecule has 3 atom stereocenters. The van der Waals surface area contributed by atoms with Crippen LogP contribution in [0, 0.1) is 0 Å². The molecule has 1 heterocycles. The van der Waals surface area contributed by atoms with Crippen LogP contribution in [0.2, 0.25) is 0 Å². The van der Waals surface area contributed by atoms with Gasteiger partial charge >= 0.3 is 6.09 Å². The molecule has 7 heteroatoms. The molecule has 0 bridgehead atoms. The molecule has 0 saturated carbocycles. The number of methoxy groups -OCH3 is 2. The highest BCUT2D eigenvalue weighted by atomic mass is 16.6. The van der Waals surface area contributed by atoms with Crippen molar-refractivity contribution < 1.29 is 23.8 Å². The van der Waals surface area contributed by atoms with Crippen molar-refractivity contribution in [3.63, 3.8) is 0 Å². The highest BCUT2D eigenvalue weighted by Gasteiger charge is 2.45. The third kappa shape index (κ3) is 6.47. The molecule has 0 radical (unpaired) electrons. The fourth-order valence-electron chi connectivity index (χ4n) is 3.84. The molecule has 31 heavy (non-hydrogen) atoms. The summed E-state index contributed by atoms with van der Waals surface area (Å²) < 4.78 is 16.6. The van der Waals surface area contributed by atoms with Crippen LogP contribution in [0.5, 0.6) is 5.75 Å². The van der Waals surface area contributed by atoms with E-state index >= 15 is 0 Å². The molecule has 0 fully saturated rings. The summed E-state index contributed by atoms with van der Waals surface area (Å²) in [4.78, 5) is 27.2. The van der Waals surface area contributed by atoms with Gasteiger partial charge in [0.15, 0.2) is 0 Å². The minimum absolute atomic E-state index is 0.105.